The van der Waals surface area contributed by atoms with E-state index in [0.29, 0.717) is 16.7 Å². The van der Waals surface area contributed by atoms with Crippen LogP contribution in [0.15, 0.2) is 36.7 Å². The van der Waals surface area contributed by atoms with Crippen molar-refractivity contribution in [2.75, 3.05) is 0 Å². The fraction of sp³-hybridized carbons (Fsp3) is 0.368. The lowest BCUT2D eigenvalue weighted by molar-refractivity contribution is -0.138. The molecule has 2 rings (SSSR count). The summed E-state index contributed by atoms with van der Waals surface area (Å²) in [6.45, 7) is 7.04. The molecule has 2 aromatic rings. The average Bonchev–Trinajstić information content (AvgIpc) is 2.45. The molecule has 2 nitrogen and oxygen atoms in total. The van der Waals surface area contributed by atoms with Crippen LogP contribution in [0.25, 0.3) is 0 Å². The van der Waals surface area contributed by atoms with Crippen LogP contribution in [0.4, 0.5) is 13.2 Å². The van der Waals surface area contributed by atoms with Crippen molar-refractivity contribution in [3.8, 4) is 0 Å². The van der Waals surface area contributed by atoms with E-state index >= 15 is 0 Å². The van der Waals surface area contributed by atoms with Gasteiger partial charge in [0.1, 0.15) is 0 Å². The normalized spacial score (nSPS) is 12.3. The smallest absolute Gasteiger partial charge is 0.294 e. The zero-order valence-corrected chi connectivity index (χ0v) is 14.2. The lowest BCUT2D eigenvalue weighted by atomic mass is 9.84. The van der Waals surface area contributed by atoms with Gasteiger partial charge in [-0.05, 0) is 47.6 Å². The molecule has 0 radical (unpaired) electrons. The number of nitrogens with zero attached hydrogens (tertiary/aromatic N) is 1. The Kier molecular flexibility index (Phi) is 4.83. The number of benzene rings is 1. The lowest BCUT2D eigenvalue weighted by Gasteiger charge is -2.22. The minimum absolute atomic E-state index is 0.0768. The number of halogens is 3. The van der Waals surface area contributed by atoms with Crippen LogP contribution in [0.5, 0.6) is 0 Å². The molecule has 0 N–H and O–H groups in total. The predicted octanol–water partition coefficient (Wildman–Crippen LogP) is 5.19. The Morgan fingerprint density at radius 3 is 2.29 bits per heavy atom. The molecule has 0 unspecified atom stereocenters. The number of aromatic nitrogens is 1. The van der Waals surface area contributed by atoms with Crippen LogP contribution in [0.3, 0.4) is 0 Å². The molecule has 0 bridgehead atoms. The minimum Gasteiger partial charge on any atom is -0.294 e. The summed E-state index contributed by atoms with van der Waals surface area (Å²) in [7, 11) is 0. The fourth-order valence-corrected chi connectivity index (χ4v) is 2.46. The van der Waals surface area contributed by atoms with Crippen LogP contribution in [0, 0.1) is 0 Å². The summed E-state index contributed by atoms with van der Waals surface area (Å²) in [6.07, 6.45) is -1.45. The van der Waals surface area contributed by atoms with Crippen molar-refractivity contribution in [2.24, 2.45) is 0 Å². The van der Waals surface area contributed by atoms with E-state index in [1.54, 1.807) is 12.1 Å². The molecule has 0 aliphatic heterocycles. The summed E-state index contributed by atoms with van der Waals surface area (Å²) in [5, 5.41) is 0. The summed E-state index contributed by atoms with van der Waals surface area (Å²) in [5.41, 5.74) is 0.786. The van der Waals surface area contributed by atoms with Gasteiger partial charge < -0.3 is 0 Å². The number of hydrogen-bond donors (Lipinski definition) is 0. The van der Waals surface area contributed by atoms with E-state index in [1.165, 1.54) is 31.5 Å². The first-order chi connectivity index (χ1) is 11.0. The summed E-state index contributed by atoms with van der Waals surface area (Å²) in [4.78, 5) is 15.4. The third-order valence-corrected chi connectivity index (χ3v) is 3.88. The number of carbonyl (C=O) groups is 1. The van der Waals surface area contributed by atoms with Crippen molar-refractivity contribution < 1.29 is 18.0 Å². The van der Waals surface area contributed by atoms with Gasteiger partial charge in [-0.2, -0.15) is 13.2 Å². The van der Waals surface area contributed by atoms with Gasteiger partial charge in [0.15, 0.2) is 5.78 Å². The Bertz CT molecular complexity index is 758. The Balaban J connectivity index is 2.47. The minimum atomic E-state index is -4.43. The summed E-state index contributed by atoms with van der Waals surface area (Å²) >= 11 is 0. The average molecular weight is 335 g/mol. The van der Waals surface area contributed by atoms with Gasteiger partial charge in [0.05, 0.1) is 5.56 Å². The van der Waals surface area contributed by atoms with Gasteiger partial charge in [-0.3, -0.25) is 9.78 Å². The van der Waals surface area contributed by atoms with E-state index in [4.69, 9.17) is 0 Å². The first kappa shape index (κ1) is 18.2. The quantitative estimate of drug-likeness (QED) is 0.722. The van der Waals surface area contributed by atoms with Crippen molar-refractivity contribution in [3.63, 3.8) is 0 Å². The van der Waals surface area contributed by atoms with Crippen LogP contribution < -0.4 is 0 Å². The molecule has 24 heavy (non-hydrogen) atoms. The van der Waals surface area contributed by atoms with Gasteiger partial charge in [0.2, 0.25) is 0 Å². The molecule has 128 valence electrons. The molecular weight excluding hydrogens is 315 g/mol. The number of hydrogen-bond acceptors (Lipinski definition) is 2. The van der Waals surface area contributed by atoms with Crippen molar-refractivity contribution in [2.45, 2.75) is 45.7 Å². The first-order valence-corrected chi connectivity index (χ1v) is 7.64. The Morgan fingerprint density at radius 2 is 1.75 bits per heavy atom. The summed E-state index contributed by atoms with van der Waals surface area (Å²) in [6, 6.07) is 6.06. The second kappa shape index (κ2) is 6.38. The van der Waals surface area contributed by atoms with Crippen LogP contribution in [-0.2, 0) is 18.0 Å². The number of Topliss-reactive ketones (excluding diaryl/α,β-unsaturated/α-hetero) is 1. The second-order valence-electron chi connectivity index (χ2n) is 6.93. The van der Waals surface area contributed by atoms with Crippen LogP contribution >= 0.6 is 0 Å². The van der Waals surface area contributed by atoms with E-state index in [0.717, 1.165) is 0 Å². The zero-order valence-electron chi connectivity index (χ0n) is 14.2. The van der Waals surface area contributed by atoms with Gasteiger partial charge in [-0.25, -0.2) is 0 Å². The van der Waals surface area contributed by atoms with Gasteiger partial charge in [-0.1, -0.05) is 32.9 Å². The van der Waals surface area contributed by atoms with Gasteiger partial charge >= 0.3 is 6.18 Å². The van der Waals surface area contributed by atoms with Gasteiger partial charge in [0.25, 0.3) is 0 Å². The third-order valence-electron chi connectivity index (χ3n) is 3.88. The SMILES string of the molecule is CC(=O)c1cncc(Cc2ccc(C(C)(C)C)cc2C(F)(F)F)c1. The molecule has 1 heterocycles. The summed E-state index contributed by atoms with van der Waals surface area (Å²) < 4.78 is 40.4. The highest BCUT2D eigenvalue weighted by Gasteiger charge is 2.34. The van der Waals surface area contributed by atoms with Crippen LogP contribution in [-0.4, -0.2) is 10.8 Å². The number of pyridine rings is 1. The van der Waals surface area contributed by atoms with E-state index in [1.807, 2.05) is 20.8 Å². The van der Waals surface area contributed by atoms with E-state index in [2.05, 4.69) is 4.98 Å². The molecular formula is C19H20F3NO. The van der Waals surface area contributed by atoms with E-state index < -0.39 is 11.7 Å². The Morgan fingerprint density at radius 1 is 1.08 bits per heavy atom. The van der Waals surface area contributed by atoms with E-state index in [-0.39, 0.29) is 23.2 Å². The molecule has 0 fully saturated rings. The summed E-state index contributed by atoms with van der Waals surface area (Å²) in [5.74, 6) is -0.163. The molecule has 0 atom stereocenters. The highest BCUT2D eigenvalue weighted by atomic mass is 19.4. The van der Waals surface area contributed by atoms with Crippen molar-refractivity contribution in [1.29, 1.82) is 0 Å². The van der Waals surface area contributed by atoms with Crippen LogP contribution in [0.1, 0.15) is 60.3 Å². The predicted molar refractivity (Wildman–Crippen MR) is 87.2 cm³/mol. The highest BCUT2D eigenvalue weighted by Crippen LogP contribution is 2.36. The molecule has 1 aromatic carbocycles. The van der Waals surface area contributed by atoms with Crippen molar-refractivity contribution in [3.05, 3.63) is 64.5 Å². The molecule has 0 spiro atoms. The number of ketones is 1. The Hall–Kier alpha value is -2.17. The fourth-order valence-electron chi connectivity index (χ4n) is 2.46. The highest BCUT2D eigenvalue weighted by molar-refractivity contribution is 5.93. The zero-order chi connectivity index (χ0) is 18.1. The maximum absolute atomic E-state index is 13.5. The maximum atomic E-state index is 13.5. The number of rotatable bonds is 3. The largest absolute Gasteiger partial charge is 0.416 e. The van der Waals surface area contributed by atoms with E-state index in [9.17, 15) is 18.0 Å². The molecule has 0 saturated heterocycles. The molecule has 0 aliphatic rings. The number of carbonyl (C=O) groups excluding carboxylic acids is 1. The third kappa shape index (κ3) is 4.22. The second-order valence-corrected chi connectivity index (χ2v) is 6.93. The standard InChI is InChI=1S/C19H20F3NO/c1-12(24)15-8-13(10-23-11-15)7-14-5-6-16(18(2,3)4)9-17(14)19(20,21)22/h5-6,8-11H,7H2,1-4H3. The topological polar surface area (TPSA) is 30.0 Å². The molecule has 0 saturated carbocycles. The van der Waals surface area contributed by atoms with Gasteiger partial charge in [0, 0.05) is 18.0 Å². The van der Waals surface area contributed by atoms with Crippen molar-refractivity contribution >= 4 is 5.78 Å². The molecule has 0 amide bonds. The van der Waals surface area contributed by atoms with Crippen molar-refractivity contribution in [1.82, 2.24) is 4.98 Å². The first-order valence-electron chi connectivity index (χ1n) is 7.64. The lowest BCUT2D eigenvalue weighted by Crippen LogP contribution is -2.16. The maximum Gasteiger partial charge on any atom is 0.416 e. The molecule has 0 aliphatic carbocycles. The number of alkyl halides is 3. The monoisotopic (exact) mass is 335 g/mol. The molecule has 5 heteroatoms. The molecule has 1 aromatic heterocycles. The van der Waals surface area contributed by atoms with Crippen LogP contribution in [0.2, 0.25) is 0 Å². The van der Waals surface area contributed by atoms with Gasteiger partial charge in [-0.15, -0.1) is 0 Å². The Labute approximate surface area is 139 Å².